The van der Waals surface area contributed by atoms with Crippen molar-refractivity contribution < 1.29 is 9.72 Å². The summed E-state index contributed by atoms with van der Waals surface area (Å²) in [5, 5.41) is 21.9. The van der Waals surface area contributed by atoms with E-state index in [1.165, 1.54) is 0 Å². The van der Waals surface area contributed by atoms with Crippen LogP contribution in [0.1, 0.15) is 25.5 Å². The number of hydrogen-bond donors (Lipinski definition) is 2. The number of hydrogen-bond acceptors (Lipinski definition) is 6. The number of nitro groups is 1. The fourth-order valence-corrected chi connectivity index (χ4v) is 3.51. The van der Waals surface area contributed by atoms with Gasteiger partial charge in [0.15, 0.2) is 0 Å². The normalized spacial score (nSPS) is 15.4. The quantitative estimate of drug-likeness (QED) is 0.559. The largest absolute Gasteiger partial charge is 0.362 e. The lowest BCUT2D eigenvalue weighted by molar-refractivity contribution is -0.384. The number of benzene rings is 1. The van der Waals surface area contributed by atoms with Gasteiger partial charge < -0.3 is 10.6 Å². The van der Waals surface area contributed by atoms with E-state index in [1.54, 1.807) is 11.7 Å². The third-order valence-electron chi connectivity index (χ3n) is 4.96. The summed E-state index contributed by atoms with van der Waals surface area (Å²) in [5.74, 6) is 0.426. The number of aryl methyl sites for hydroxylation is 2. The van der Waals surface area contributed by atoms with Gasteiger partial charge in [0.2, 0.25) is 11.7 Å². The molecular weight excluding hydrogens is 360 g/mol. The Morgan fingerprint density at radius 2 is 1.96 bits per heavy atom. The Balaban J connectivity index is 1.53. The van der Waals surface area contributed by atoms with Gasteiger partial charge in [0.05, 0.1) is 11.5 Å². The summed E-state index contributed by atoms with van der Waals surface area (Å²) in [6.07, 6.45) is 2.13. The highest BCUT2D eigenvalue weighted by Gasteiger charge is 2.29. The Morgan fingerprint density at radius 3 is 2.57 bits per heavy atom. The minimum Gasteiger partial charge on any atom is -0.362 e. The van der Waals surface area contributed by atoms with E-state index in [0.717, 1.165) is 31.6 Å². The first kappa shape index (κ1) is 19.8. The molecule has 0 aliphatic carbocycles. The molecule has 1 aromatic carbocycles. The van der Waals surface area contributed by atoms with Crippen molar-refractivity contribution in [2.24, 2.45) is 7.05 Å². The van der Waals surface area contributed by atoms with E-state index in [2.05, 4.69) is 20.6 Å². The van der Waals surface area contributed by atoms with Crippen molar-refractivity contribution in [3.05, 3.63) is 46.1 Å². The second-order valence-corrected chi connectivity index (χ2v) is 6.99. The number of rotatable bonds is 7. The van der Waals surface area contributed by atoms with Crippen LogP contribution in [0.5, 0.6) is 0 Å². The van der Waals surface area contributed by atoms with E-state index in [-0.39, 0.29) is 22.6 Å². The Kier molecular flexibility index (Phi) is 6.25. The molecule has 0 bridgehead atoms. The Labute approximate surface area is 163 Å². The van der Waals surface area contributed by atoms with Crippen LogP contribution in [0.4, 0.5) is 17.2 Å². The molecule has 1 aliphatic heterocycles. The average molecular weight is 386 g/mol. The van der Waals surface area contributed by atoms with Crippen molar-refractivity contribution in [3.8, 4) is 0 Å². The molecule has 1 amide bonds. The number of likely N-dealkylation sites (tertiary alicyclic amines) is 1. The number of aromatic nitrogens is 2. The summed E-state index contributed by atoms with van der Waals surface area (Å²) in [4.78, 5) is 25.4. The average Bonchev–Trinajstić information content (AvgIpc) is 3.00. The van der Waals surface area contributed by atoms with Gasteiger partial charge in [0.25, 0.3) is 0 Å². The van der Waals surface area contributed by atoms with Crippen LogP contribution in [0.2, 0.25) is 0 Å². The second kappa shape index (κ2) is 8.83. The standard InChI is InChI=1S/C19H26N6O3/c1-3-16-18(25(27)28)19(23(2)22-16)21-15-9-11-24(12-10-15)13-17(26)20-14-7-5-4-6-8-14/h4-8,15,21H,3,9-13H2,1-2H3,(H,20,26). The number of carbonyl (C=O) groups excluding carboxylic acids is 1. The predicted molar refractivity (Wildman–Crippen MR) is 107 cm³/mol. The summed E-state index contributed by atoms with van der Waals surface area (Å²) in [5.41, 5.74) is 1.35. The number of para-hydroxylation sites is 1. The van der Waals surface area contributed by atoms with Crippen LogP contribution in [-0.2, 0) is 18.3 Å². The lowest BCUT2D eigenvalue weighted by Gasteiger charge is -2.32. The molecule has 2 heterocycles. The van der Waals surface area contributed by atoms with E-state index in [0.29, 0.717) is 24.5 Å². The molecule has 3 rings (SSSR count). The minimum atomic E-state index is -0.364. The molecule has 0 radical (unpaired) electrons. The fraction of sp³-hybridized carbons (Fsp3) is 0.474. The summed E-state index contributed by atoms with van der Waals surface area (Å²) in [6.45, 7) is 3.71. The minimum absolute atomic E-state index is 0.0348. The van der Waals surface area contributed by atoms with Crippen molar-refractivity contribution in [3.63, 3.8) is 0 Å². The number of nitrogens with one attached hydrogen (secondary N) is 2. The molecule has 0 atom stereocenters. The molecule has 0 saturated carbocycles. The number of anilines is 2. The van der Waals surface area contributed by atoms with Gasteiger partial charge in [-0.3, -0.25) is 19.8 Å². The predicted octanol–water partition coefficient (Wildman–Crippen LogP) is 2.41. The zero-order chi connectivity index (χ0) is 20.1. The maximum absolute atomic E-state index is 12.2. The molecule has 0 unspecified atom stereocenters. The van der Waals surface area contributed by atoms with Crippen LogP contribution >= 0.6 is 0 Å². The van der Waals surface area contributed by atoms with Crippen LogP contribution in [0.3, 0.4) is 0 Å². The molecule has 28 heavy (non-hydrogen) atoms. The van der Waals surface area contributed by atoms with E-state index in [4.69, 9.17) is 0 Å². The summed E-state index contributed by atoms with van der Waals surface area (Å²) in [7, 11) is 1.72. The lowest BCUT2D eigenvalue weighted by Crippen LogP contribution is -2.42. The summed E-state index contributed by atoms with van der Waals surface area (Å²) >= 11 is 0. The first-order chi connectivity index (χ1) is 13.5. The monoisotopic (exact) mass is 386 g/mol. The third-order valence-corrected chi connectivity index (χ3v) is 4.96. The van der Waals surface area contributed by atoms with E-state index in [1.807, 2.05) is 37.3 Å². The number of carbonyl (C=O) groups is 1. The fourth-order valence-electron chi connectivity index (χ4n) is 3.51. The van der Waals surface area contributed by atoms with Gasteiger partial charge in [-0.05, 0) is 31.4 Å². The zero-order valence-corrected chi connectivity index (χ0v) is 16.2. The van der Waals surface area contributed by atoms with Gasteiger partial charge in [-0.15, -0.1) is 0 Å². The van der Waals surface area contributed by atoms with Gasteiger partial charge in [-0.2, -0.15) is 5.10 Å². The molecule has 9 heteroatoms. The van der Waals surface area contributed by atoms with Crippen molar-refractivity contribution in [1.82, 2.24) is 14.7 Å². The van der Waals surface area contributed by atoms with E-state index < -0.39 is 0 Å². The number of amides is 1. The van der Waals surface area contributed by atoms with Crippen molar-refractivity contribution in [2.45, 2.75) is 32.2 Å². The van der Waals surface area contributed by atoms with Crippen molar-refractivity contribution in [1.29, 1.82) is 0 Å². The van der Waals surface area contributed by atoms with Gasteiger partial charge >= 0.3 is 5.69 Å². The molecule has 150 valence electrons. The first-order valence-corrected chi connectivity index (χ1v) is 9.52. The molecule has 1 saturated heterocycles. The highest BCUT2D eigenvalue weighted by Crippen LogP contribution is 2.30. The molecule has 9 nitrogen and oxygen atoms in total. The number of piperidine rings is 1. The summed E-state index contributed by atoms with van der Waals surface area (Å²) < 4.78 is 1.55. The van der Waals surface area contributed by atoms with Crippen LogP contribution in [-0.4, -0.2) is 51.2 Å². The van der Waals surface area contributed by atoms with Crippen molar-refractivity contribution in [2.75, 3.05) is 30.3 Å². The highest BCUT2D eigenvalue weighted by atomic mass is 16.6. The maximum Gasteiger partial charge on any atom is 0.333 e. The van der Waals surface area contributed by atoms with Crippen LogP contribution in [0, 0.1) is 10.1 Å². The van der Waals surface area contributed by atoms with Gasteiger partial charge in [0, 0.05) is 31.9 Å². The van der Waals surface area contributed by atoms with Crippen LogP contribution in [0.15, 0.2) is 30.3 Å². The van der Waals surface area contributed by atoms with Crippen molar-refractivity contribution >= 4 is 23.1 Å². The second-order valence-electron chi connectivity index (χ2n) is 6.99. The lowest BCUT2D eigenvalue weighted by atomic mass is 10.0. The highest BCUT2D eigenvalue weighted by molar-refractivity contribution is 5.92. The van der Waals surface area contributed by atoms with E-state index >= 15 is 0 Å². The Morgan fingerprint density at radius 1 is 1.29 bits per heavy atom. The maximum atomic E-state index is 12.2. The van der Waals surface area contributed by atoms with Crippen LogP contribution < -0.4 is 10.6 Å². The molecule has 1 fully saturated rings. The Bertz CT molecular complexity index is 828. The molecule has 2 N–H and O–H groups in total. The topological polar surface area (TPSA) is 105 Å². The first-order valence-electron chi connectivity index (χ1n) is 9.52. The van der Waals surface area contributed by atoms with Gasteiger partial charge in [-0.1, -0.05) is 25.1 Å². The SMILES string of the molecule is CCc1nn(C)c(NC2CCN(CC(=O)Nc3ccccc3)CC2)c1[N+](=O)[O-]. The van der Waals surface area contributed by atoms with Gasteiger partial charge in [0.1, 0.15) is 5.69 Å². The molecule has 1 aromatic heterocycles. The zero-order valence-electron chi connectivity index (χ0n) is 16.2. The molecule has 1 aliphatic rings. The molecular formula is C19H26N6O3. The van der Waals surface area contributed by atoms with E-state index in [9.17, 15) is 14.9 Å². The van der Waals surface area contributed by atoms with Crippen LogP contribution in [0.25, 0.3) is 0 Å². The number of nitrogens with zero attached hydrogens (tertiary/aromatic N) is 4. The molecule has 2 aromatic rings. The third kappa shape index (κ3) is 4.66. The smallest absolute Gasteiger partial charge is 0.333 e. The van der Waals surface area contributed by atoms with Gasteiger partial charge in [-0.25, -0.2) is 4.68 Å². The Hall–Kier alpha value is -2.94. The summed E-state index contributed by atoms with van der Waals surface area (Å²) in [6, 6.07) is 9.51. The molecule has 0 spiro atoms.